The number of hydrogen-bond acceptors (Lipinski definition) is 5. The molecule has 2 saturated heterocycles. The molecule has 0 N–H and O–H groups in total. The van der Waals surface area contributed by atoms with E-state index < -0.39 is 9.84 Å². The highest BCUT2D eigenvalue weighted by molar-refractivity contribution is 8.16. The van der Waals surface area contributed by atoms with Gasteiger partial charge >= 0.3 is 0 Å². The Balaban J connectivity index is 1.66. The Morgan fingerprint density at radius 2 is 2.00 bits per heavy atom. The standard InChI is InChI=1S/C17H20N2O4S2/c1-2-23-13-7-5-12(6-8-13)19-14-9-25(21,22)10-15(14)24-17(19)18-16(20)11-3-4-11/h5-8,11,14-15H,2-4,9-10H2,1H3. The number of hydrogen-bond donors (Lipinski definition) is 0. The van der Waals surface area contributed by atoms with E-state index in [1.54, 1.807) is 0 Å². The first-order valence-corrected chi connectivity index (χ1v) is 11.2. The molecule has 6 nitrogen and oxygen atoms in total. The summed E-state index contributed by atoms with van der Waals surface area (Å²) >= 11 is 1.42. The summed E-state index contributed by atoms with van der Waals surface area (Å²) in [7, 11) is -3.05. The molecule has 1 aromatic carbocycles. The van der Waals surface area contributed by atoms with E-state index in [0.29, 0.717) is 11.8 Å². The van der Waals surface area contributed by atoms with Gasteiger partial charge in [-0.1, -0.05) is 11.8 Å². The van der Waals surface area contributed by atoms with E-state index in [-0.39, 0.29) is 34.6 Å². The van der Waals surface area contributed by atoms with Crippen molar-refractivity contribution in [2.75, 3.05) is 23.0 Å². The van der Waals surface area contributed by atoms with Crippen LogP contribution in [0.15, 0.2) is 29.3 Å². The van der Waals surface area contributed by atoms with Crippen molar-refractivity contribution in [3.05, 3.63) is 24.3 Å². The van der Waals surface area contributed by atoms with Crippen LogP contribution in [0.4, 0.5) is 5.69 Å². The molecular weight excluding hydrogens is 360 g/mol. The fourth-order valence-electron chi connectivity index (χ4n) is 3.25. The summed E-state index contributed by atoms with van der Waals surface area (Å²) in [6.45, 7) is 2.51. The van der Waals surface area contributed by atoms with Crippen molar-refractivity contribution in [2.45, 2.75) is 31.1 Å². The van der Waals surface area contributed by atoms with E-state index >= 15 is 0 Å². The number of carbonyl (C=O) groups is 1. The van der Waals surface area contributed by atoms with Crippen molar-refractivity contribution >= 4 is 38.4 Å². The van der Waals surface area contributed by atoms with E-state index in [1.807, 2.05) is 36.1 Å². The molecule has 2 heterocycles. The van der Waals surface area contributed by atoms with Crippen LogP contribution in [0.2, 0.25) is 0 Å². The number of nitrogens with zero attached hydrogens (tertiary/aromatic N) is 2. The normalized spacial score (nSPS) is 29.0. The monoisotopic (exact) mass is 380 g/mol. The van der Waals surface area contributed by atoms with Crippen LogP contribution < -0.4 is 9.64 Å². The maximum Gasteiger partial charge on any atom is 0.251 e. The maximum absolute atomic E-state index is 12.2. The van der Waals surface area contributed by atoms with Gasteiger partial charge in [0.15, 0.2) is 15.0 Å². The molecule has 8 heteroatoms. The van der Waals surface area contributed by atoms with Gasteiger partial charge in [-0.25, -0.2) is 8.42 Å². The molecule has 1 amide bonds. The van der Waals surface area contributed by atoms with Crippen LogP contribution in [-0.2, 0) is 14.6 Å². The van der Waals surface area contributed by atoms with E-state index in [0.717, 1.165) is 24.3 Å². The minimum atomic E-state index is -3.05. The predicted molar refractivity (Wildman–Crippen MR) is 99.1 cm³/mol. The van der Waals surface area contributed by atoms with Crippen molar-refractivity contribution in [1.29, 1.82) is 0 Å². The van der Waals surface area contributed by atoms with Crippen molar-refractivity contribution in [3.8, 4) is 5.75 Å². The molecule has 3 aliphatic rings. The average Bonchev–Trinajstić information content (AvgIpc) is 3.30. The largest absolute Gasteiger partial charge is 0.494 e. The molecule has 25 heavy (non-hydrogen) atoms. The van der Waals surface area contributed by atoms with E-state index in [2.05, 4.69) is 4.99 Å². The Hall–Kier alpha value is -1.54. The maximum atomic E-state index is 12.2. The summed E-state index contributed by atoms with van der Waals surface area (Å²) in [6.07, 6.45) is 1.81. The molecule has 0 radical (unpaired) electrons. The number of benzene rings is 1. The lowest BCUT2D eigenvalue weighted by Crippen LogP contribution is -2.37. The summed E-state index contributed by atoms with van der Waals surface area (Å²) in [5.74, 6) is 0.989. The van der Waals surface area contributed by atoms with Crippen molar-refractivity contribution in [2.24, 2.45) is 10.9 Å². The zero-order chi connectivity index (χ0) is 17.6. The van der Waals surface area contributed by atoms with Crippen LogP contribution in [0, 0.1) is 5.92 Å². The number of sulfone groups is 1. The van der Waals surface area contributed by atoms with Crippen molar-refractivity contribution in [1.82, 2.24) is 0 Å². The summed E-state index contributed by atoms with van der Waals surface area (Å²) in [5.41, 5.74) is 0.850. The highest BCUT2D eigenvalue weighted by Crippen LogP contribution is 2.42. The predicted octanol–water partition coefficient (Wildman–Crippen LogP) is 2.10. The molecule has 2 atom stereocenters. The van der Waals surface area contributed by atoms with Gasteiger partial charge in [-0.15, -0.1) is 0 Å². The van der Waals surface area contributed by atoms with Gasteiger partial charge in [0, 0.05) is 16.9 Å². The van der Waals surface area contributed by atoms with Crippen LogP contribution in [0.25, 0.3) is 0 Å². The smallest absolute Gasteiger partial charge is 0.251 e. The Labute approximate surface area is 151 Å². The zero-order valence-electron chi connectivity index (χ0n) is 13.9. The van der Waals surface area contributed by atoms with Gasteiger partial charge in [-0.05, 0) is 44.0 Å². The van der Waals surface area contributed by atoms with Gasteiger partial charge in [-0.2, -0.15) is 4.99 Å². The number of fused-ring (bicyclic) bond motifs is 1. The number of ether oxygens (including phenoxy) is 1. The first kappa shape index (κ1) is 16.9. The molecule has 1 aliphatic carbocycles. The number of rotatable bonds is 4. The number of thioether (sulfide) groups is 1. The Bertz CT molecular complexity index is 816. The fourth-order valence-corrected chi connectivity index (χ4v) is 7.17. The first-order chi connectivity index (χ1) is 12.0. The molecule has 2 aliphatic heterocycles. The second-order valence-corrected chi connectivity index (χ2v) is 9.96. The van der Waals surface area contributed by atoms with Crippen LogP contribution >= 0.6 is 11.8 Å². The van der Waals surface area contributed by atoms with Gasteiger partial charge in [0.1, 0.15) is 5.75 Å². The number of amides is 1. The van der Waals surface area contributed by atoms with Crippen LogP contribution in [0.3, 0.4) is 0 Å². The van der Waals surface area contributed by atoms with Gasteiger partial charge in [0.05, 0.1) is 24.2 Å². The molecule has 0 spiro atoms. The highest BCUT2D eigenvalue weighted by Gasteiger charge is 2.49. The Morgan fingerprint density at radius 1 is 1.28 bits per heavy atom. The van der Waals surface area contributed by atoms with Crippen LogP contribution in [-0.4, -0.2) is 48.9 Å². The van der Waals surface area contributed by atoms with Crippen molar-refractivity contribution < 1.29 is 17.9 Å². The lowest BCUT2D eigenvalue weighted by Gasteiger charge is -2.24. The third kappa shape index (κ3) is 3.42. The summed E-state index contributed by atoms with van der Waals surface area (Å²) < 4.78 is 29.6. The highest BCUT2D eigenvalue weighted by atomic mass is 32.2. The van der Waals surface area contributed by atoms with E-state index in [1.165, 1.54) is 11.8 Å². The zero-order valence-corrected chi connectivity index (χ0v) is 15.6. The SMILES string of the molecule is CCOc1ccc(N2C(=NC(=O)C3CC3)SC3CS(=O)(=O)CC32)cc1. The molecule has 134 valence electrons. The second-order valence-electron chi connectivity index (χ2n) is 6.60. The molecule has 3 fully saturated rings. The van der Waals surface area contributed by atoms with Gasteiger partial charge in [0.2, 0.25) is 0 Å². The minimum Gasteiger partial charge on any atom is -0.494 e. The van der Waals surface area contributed by atoms with E-state index in [9.17, 15) is 13.2 Å². The second kappa shape index (κ2) is 6.32. The lowest BCUT2D eigenvalue weighted by atomic mass is 10.2. The number of carbonyl (C=O) groups excluding carboxylic acids is 1. The number of amidine groups is 1. The fraction of sp³-hybridized carbons (Fsp3) is 0.529. The average molecular weight is 380 g/mol. The number of aliphatic imine (C=N–C) groups is 1. The van der Waals surface area contributed by atoms with E-state index in [4.69, 9.17) is 4.74 Å². The molecule has 0 aromatic heterocycles. The van der Waals surface area contributed by atoms with Gasteiger partial charge in [-0.3, -0.25) is 4.79 Å². The summed E-state index contributed by atoms with van der Waals surface area (Å²) in [5, 5.41) is 0.563. The first-order valence-electron chi connectivity index (χ1n) is 8.48. The quantitative estimate of drug-likeness (QED) is 0.796. The molecule has 4 rings (SSSR count). The summed E-state index contributed by atoms with van der Waals surface area (Å²) in [6, 6.07) is 7.35. The lowest BCUT2D eigenvalue weighted by molar-refractivity contribution is -0.118. The number of anilines is 1. The van der Waals surface area contributed by atoms with Crippen molar-refractivity contribution in [3.63, 3.8) is 0 Å². The van der Waals surface area contributed by atoms with Crippen LogP contribution in [0.5, 0.6) is 5.75 Å². The van der Waals surface area contributed by atoms with Gasteiger partial charge < -0.3 is 9.64 Å². The minimum absolute atomic E-state index is 0.0550. The Kier molecular flexibility index (Phi) is 4.27. The Morgan fingerprint density at radius 3 is 2.64 bits per heavy atom. The molecular formula is C17H20N2O4S2. The molecule has 0 bridgehead atoms. The summed E-state index contributed by atoms with van der Waals surface area (Å²) in [4.78, 5) is 18.4. The van der Waals surface area contributed by atoms with Crippen LogP contribution in [0.1, 0.15) is 19.8 Å². The molecule has 1 saturated carbocycles. The third-order valence-electron chi connectivity index (χ3n) is 4.62. The third-order valence-corrected chi connectivity index (χ3v) is 7.83. The topological polar surface area (TPSA) is 76.0 Å². The molecule has 2 unspecified atom stereocenters. The molecule has 1 aromatic rings. The van der Waals surface area contributed by atoms with Gasteiger partial charge in [0.25, 0.3) is 5.91 Å².